The largest absolute Gasteiger partial charge is 0.461 e. The topological polar surface area (TPSA) is 86.0 Å². The highest BCUT2D eigenvalue weighted by Gasteiger charge is 2.25. The van der Waals surface area contributed by atoms with E-state index in [1.165, 1.54) is 12.8 Å². The van der Waals surface area contributed by atoms with Gasteiger partial charge < -0.3 is 8.94 Å². The Labute approximate surface area is 133 Å². The van der Waals surface area contributed by atoms with E-state index in [2.05, 4.69) is 25.1 Å². The second kappa shape index (κ2) is 6.33. The van der Waals surface area contributed by atoms with Crippen molar-refractivity contribution in [2.45, 2.75) is 38.4 Å². The van der Waals surface area contributed by atoms with Gasteiger partial charge in [0.15, 0.2) is 5.76 Å². The first-order chi connectivity index (χ1) is 11.4. The van der Waals surface area contributed by atoms with Crippen molar-refractivity contribution in [1.29, 1.82) is 0 Å². The minimum Gasteiger partial charge on any atom is -0.461 e. The van der Waals surface area contributed by atoms with Crippen LogP contribution in [0.1, 0.15) is 25.2 Å². The van der Waals surface area contributed by atoms with Gasteiger partial charge in [-0.1, -0.05) is 11.6 Å². The van der Waals surface area contributed by atoms with E-state index in [-0.39, 0.29) is 0 Å². The van der Waals surface area contributed by atoms with E-state index in [4.69, 9.17) is 8.94 Å². The maximum atomic E-state index is 5.38. The molecule has 0 saturated carbocycles. The molecule has 8 nitrogen and oxygen atoms in total. The van der Waals surface area contributed by atoms with Crippen LogP contribution < -0.4 is 0 Å². The van der Waals surface area contributed by atoms with Gasteiger partial charge in [0.25, 0.3) is 0 Å². The molecule has 1 aliphatic rings. The quantitative estimate of drug-likeness (QED) is 0.711. The van der Waals surface area contributed by atoms with Gasteiger partial charge in [0.05, 0.1) is 19.4 Å². The molecule has 0 unspecified atom stereocenters. The first kappa shape index (κ1) is 14.1. The highest BCUT2D eigenvalue weighted by atomic mass is 16.5. The van der Waals surface area contributed by atoms with Crippen LogP contribution in [0.2, 0.25) is 0 Å². The molecule has 0 aliphatic carbocycles. The van der Waals surface area contributed by atoms with Crippen LogP contribution in [0.3, 0.4) is 0 Å². The van der Waals surface area contributed by atoms with E-state index in [0.717, 1.165) is 19.5 Å². The first-order valence-electron chi connectivity index (χ1n) is 7.81. The van der Waals surface area contributed by atoms with Crippen LogP contribution in [0.25, 0.3) is 11.6 Å². The Morgan fingerprint density at radius 3 is 3.13 bits per heavy atom. The van der Waals surface area contributed by atoms with Crippen LogP contribution in [-0.2, 0) is 13.1 Å². The van der Waals surface area contributed by atoms with E-state index in [0.29, 0.717) is 30.1 Å². The normalized spacial score (nSPS) is 19.2. The maximum Gasteiger partial charge on any atom is 0.241 e. The summed E-state index contributed by atoms with van der Waals surface area (Å²) in [6, 6.07) is 4.04. The fraction of sp³-hybridized carbons (Fsp3) is 0.467. The number of likely N-dealkylation sites (tertiary alicyclic amines) is 1. The molecule has 0 N–H and O–H groups in total. The molecule has 23 heavy (non-hydrogen) atoms. The van der Waals surface area contributed by atoms with Gasteiger partial charge in [-0.15, -0.1) is 0 Å². The van der Waals surface area contributed by atoms with Gasteiger partial charge in [-0.2, -0.15) is 10.1 Å². The number of furan rings is 1. The number of aromatic nitrogens is 5. The van der Waals surface area contributed by atoms with E-state index in [9.17, 15) is 0 Å². The Morgan fingerprint density at radius 2 is 2.30 bits per heavy atom. The lowest BCUT2D eigenvalue weighted by atomic mass is 10.0. The summed E-state index contributed by atoms with van der Waals surface area (Å²) < 4.78 is 12.6. The maximum absolute atomic E-state index is 5.38. The Kier molecular flexibility index (Phi) is 3.89. The molecule has 120 valence electrons. The van der Waals surface area contributed by atoms with Crippen molar-refractivity contribution in [3.8, 4) is 11.6 Å². The van der Waals surface area contributed by atoms with Crippen LogP contribution in [0, 0.1) is 0 Å². The molecule has 8 heteroatoms. The van der Waals surface area contributed by atoms with Gasteiger partial charge in [0, 0.05) is 6.04 Å². The summed E-state index contributed by atoms with van der Waals surface area (Å²) in [7, 11) is 0. The molecule has 1 aliphatic heterocycles. The number of nitrogens with zero attached hydrogens (tertiary/aromatic N) is 6. The molecule has 3 aromatic heterocycles. The summed E-state index contributed by atoms with van der Waals surface area (Å²) >= 11 is 0. The lowest BCUT2D eigenvalue weighted by molar-refractivity contribution is 0.108. The van der Waals surface area contributed by atoms with Crippen molar-refractivity contribution >= 4 is 0 Å². The van der Waals surface area contributed by atoms with Crippen LogP contribution >= 0.6 is 0 Å². The molecule has 0 bridgehead atoms. The van der Waals surface area contributed by atoms with Crippen molar-refractivity contribution in [2.75, 3.05) is 6.54 Å². The van der Waals surface area contributed by atoms with Gasteiger partial charge >= 0.3 is 0 Å². The fourth-order valence-corrected chi connectivity index (χ4v) is 3.02. The zero-order chi connectivity index (χ0) is 15.5. The number of hydrogen-bond donors (Lipinski definition) is 0. The number of rotatable bonds is 5. The fourth-order valence-electron chi connectivity index (χ4n) is 3.02. The van der Waals surface area contributed by atoms with E-state index in [1.54, 1.807) is 18.9 Å². The smallest absolute Gasteiger partial charge is 0.241 e. The molecule has 0 aromatic carbocycles. The predicted molar refractivity (Wildman–Crippen MR) is 80.1 cm³/mol. The third kappa shape index (κ3) is 3.16. The lowest BCUT2D eigenvalue weighted by Crippen LogP contribution is -2.41. The van der Waals surface area contributed by atoms with Crippen molar-refractivity contribution in [2.24, 2.45) is 0 Å². The van der Waals surface area contributed by atoms with E-state index < -0.39 is 0 Å². The summed E-state index contributed by atoms with van der Waals surface area (Å²) in [5.41, 5.74) is 0. The summed E-state index contributed by atoms with van der Waals surface area (Å²) in [5.74, 6) is 1.73. The van der Waals surface area contributed by atoms with Crippen molar-refractivity contribution in [3.63, 3.8) is 0 Å². The van der Waals surface area contributed by atoms with Crippen molar-refractivity contribution < 1.29 is 8.94 Å². The number of hydrogen-bond acceptors (Lipinski definition) is 7. The monoisotopic (exact) mass is 314 g/mol. The Bertz CT molecular complexity index is 721. The van der Waals surface area contributed by atoms with Crippen LogP contribution in [0.15, 0.2) is 40.0 Å². The van der Waals surface area contributed by atoms with Gasteiger partial charge in [0.2, 0.25) is 11.7 Å². The minimum atomic E-state index is 0.407. The molecule has 1 saturated heterocycles. The average Bonchev–Trinajstić information content (AvgIpc) is 3.31. The molecule has 1 fully saturated rings. The number of piperidine rings is 1. The Balaban J connectivity index is 1.45. The third-order valence-electron chi connectivity index (χ3n) is 4.16. The summed E-state index contributed by atoms with van der Waals surface area (Å²) in [6.07, 6.45) is 8.49. The first-order valence-corrected chi connectivity index (χ1v) is 7.81. The molecule has 4 rings (SSSR count). The summed E-state index contributed by atoms with van der Waals surface area (Å²) in [5, 5.41) is 8.20. The zero-order valence-electron chi connectivity index (χ0n) is 12.7. The Morgan fingerprint density at radius 1 is 1.30 bits per heavy atom. The molecule has 4 heterocycles. The highest BCUT2D eigenvalue weighted by Crippen LogP contribution is 2.22. The molecular formula is C15H18N6O2. The van der Waals surface area contributed by atoms with E-state index in [1.807, 2.05) is 16.8 Å². The summed E-state index contributed by atoms with van der Waals surface area (Å²) in [6.45, 7) is 2.50. The Hall–Kier alpha value is -2.48. The van der Waals surface area contributed by atoms with Crippen molar-refractivity contribution in [3.05, 3.63) is 36.9 Å². The SMILES string of the molecule is c1coc(-c2noc(CN3CCCC[C@@H]3Cn3cncn3)n2)c1. The van der Waals surface area contributed by atoms with Crippen LogP contribution in [0.5, 0.6) is 0 Å². The van der Waals surface area contributed by atoms with Gasteiger partial charge in [0.1, 0.15) is 12.7 Å². The molecular weight excluding hydrogens is 296 g/mol. The second-order valence-electron chi connectivity index (χ2n) is 5.73. The molecule has 0 amide bonds. The second-order valence-corrected chi connectivity index (χ2v) is 5.73. The predicted octanol–water partition coefficient (Wildman–Crippen LogP) is 1.98. The minimum absolute atomic E-state index is 0.407. The van der Waals surface area contributed by atoms with Crippen LogP contribution in [-0.4, -0.2) is 42.4 Å². The van der Waals surface area contributed by atoms with Crippen LogP contribution in [0.4, 0.5) is 0 Å². The standard InChI is InChI=1S/C15H18N6O2/c1-2-6-20(12(4-1)8-21-11-16-10-17-21)9-14-18-15(19-23-14)13-5-3-7-22-13/h3,5,7,10-12H,1-2,4,6,8-9H2/t12-/m1/s1. The van der Waals surface area contributed by atoms with Crippen molar-refractivity contribution in [1.82, 2.24) is 29.8 Å². The zero-order valence-corrected chi connectivity index (χ0v) is 12.7. The van der Waals surface area contributed by atoms with Gasteiger partial charge in [-0.3, -0.25) is 9.58 Å². The third-order valence-corrected chi connectivity index (χ3v) is 4.16. The average molecular weight is 314 g/mol. The molecule has 1 atom stereocenters. The highest BCUT2D eigenvalue weighted by molar-refractivity contribution is 5.44. The van der Waals surface area contributed by atoms with E-state index >= 15 is 0 Å². The molecule has 0 radical (unpaired) electrons. The van der Waals surface area contributed by atoms with Gasteiger partial charge in [-0.05, 0) is 31.5 Å². The summed E-state index contributed by atoms with van der Waals surface area (Å²) in [4.78, 5) is 10.8. The molecule has 0 spiro atoms. The molecule has 3 aromatic rings. The van der Waals surface area contributed by atoms with Gasteiger partial charge in [-0.25, -0.2) is 4.98 Å². The lowest BCUT2D eigenvalue weighted by Gasteiger charge is -2.34.